The Bertz CT molecular complexity index is 1290. The van der Waals surface area contributed by atoms with Crippen LogP contribution in [0.1, 0.15) is 53.5 Å². The minimum absolute atomic E-state index is 0.0702. The summed E-state index contributed by atoms with van der Waals surface area (Å²) in [5.41, 5.74) is 0.865. The molecule has 0 fully saturated rings. The summed E-state index contributed by atoms with van der Waals surface area (Å²) in [5, 5.41) is 2.19. The average Bonchev–Trinajstić information content (AvgIpc) is 3.04. The van der Waals surface area contributed by atoms with Gasteiger partial charge in [0.1, 0.15) is 12.5 Å². The van der Waals surface area contributed by atoms with E-state index in [0.29, 0.717) is 12.2 Å². The molecule has 0 bridgehead atoms. The molecule has 0 aliphatic heterocycles. The van der Waals surface area contributed by atoms with Gasteiger partial charge >= 0.3 is 6.09 Å². The molecular weight excluding hydrogens is 582 g/mol. The van der Waals surface area contributed by atoms with Crippen molar-refractivity contribution in [3.8, 4) is 5.75 Å². The number of methoxy groups -OCH3 is 2. The van der Waals surface area contributed by atoms with Crippen LogP contribution in [-0.4, -0.2) is 65.2 Å². The van der Waals surface area contributed by atoms with Crippen molar-refractivity contribution in [1.82, 2.24) is 4.90 Å². The van der Waals surface area contributed by atoms with Gasteiger partial charge in [-0.25, -0.2) is 4.79 Å². The molecule has 0 N–H and O–H groups in total. The van der Waals surface area contributed by atoms with E-state index in [1.165, 1.54) is 10.4 Å². The molecule has 244 valence electrons. The number of carbonyl (C=O) groups is 1. The monoisotopic (exact) mass is 633 g/mol. The van der Waals surface area contributed by atoms with Gasteiger partial charge in [-0.3, -0.25) is 4.90 Å². The molecule has 0 spiro atoms. The van der Waals surface area contributed by atoms with Crippen LogP contribution in [0.3, 0.4) is 0 Å². The lowest BCUT2D eigenvalue weighted by Gasteiger charge is -2.46. The van der Waals surface area contributed by atoms with E-state index in [1.807, 2.05) is 62.4 Å². The SMILES string of the molecule is C/C=C/[C@@H](OCOC)[C@H](C[C@H](C)O[Si](c1ccccc1)(c1ccccc1)C(C)(C)C)N(Cc1ccccc1OC)C(=O)OCC. The van der Waals surface area contributed by atoms with Gasteiger partial charge < -0.3 is 23.4 Å². The lowest BCUT2D eigenvalue weighted by atomic mass is 10.0. The molecule has 8 heteroatoms. The smallest absolute Gasteiger partial charge is 0.410 e. The van der Waals surface area contributed by atoms with Crippen LogP contribution < -0.4 is 15.1 Å². The van der Waals surface area contributed by atoms with Crippen LogP contribution in [0.4, 0.5) is 4.79 Å². The maximum absolute atomic E-state index is 13.8. The average molecular weight is 634 g/mol. The molecule has 0 saturated carbocycles. The number of para-hydroxylation sites is 1. The molecule has 0 unspecified atom stereocenters. The third kappa shape index (κ3) is 9.07. The number of allylic oxidation sites excluding steroid dienone is 1. The lowest BCUT2D eigenvalue weighted by Crippen LogP contribution is -2.67. The summed E-state index contributed by atoms with van der Waals surface area (Å²) in [6.45, 7) is 13.2. The van der Waals surface area contributed by atoms with E-state index >= 15 is 0 Å². The Morgan fingerprint density at radius 2 is 1.49 bits per heavy atom. The Labute approximate surface area is 271 Å². The predicted octanol–water partition coefficient (Wildman–Crippen LogP) is 6.94. The fraction of sp³-hybridized carbons (Fsp3) is 0.432. The van der Waals surface area contributed by atoms with E-state index < -0.39 is 26.6 Å². The van der Waals surface area contributed by atoms with Crippen molar-refractivity contribution in [2.45, 2.75) is 77.8 Å². The van der Waals surface area contributed by atoms with Crippen molar-refractivity contribution in [3.05, 3.63) is 103 Å². The number of benzene rings is 3. The molecule has 0 aliphatic rings. The van der Waals surface area contributed by atoms with Crippen LogP contribution in [0.5, 0.6) is 5.75 Å². The molecule has 3 atom stereocenters. The summed E-state index contributed by atoms with van der Waals surface area (Å²) in [4.78, 5) is 15.5. The summed E-state index contributed by atoms with van der Waals surface area (Å²) >= 11 is 0. The van der Waals surface area contributed by atoms with Crippen molar-refractivity contribution in [2.75, 3.05) is 27.6 Å². The van der Waals surface area contributed by atoms with Gasteiger partial charge in [0.05, 0.1) is 32.4 Å². The van der Waals surface area contributed by atoms with Crippen molar-refractivity contribution in [3.63, 3.8) is 0 Å². The summed E-state index contributed by atoms with van der Waals surface area (Å²) in [6, 6.07) is 28.4. The second kappa shape index (κ2) is 17.3. The zero-order chi connectivity index (χ0) is 32.9. The first kappa shape index (κ1) is 36.0. The third-order valence-corrected chi connectivity index (χ3v) is 13.1. The highest BCUT2D eigenvalue weighted by atomic mass is 28.4. The topological polar surface area (TPSA) is 66.5 Å². The molecule has 45 heavy (non-hydrogen) atoms. The number of nitrogens with zero attached hydrogens (tertiary/aromatic N) is 1. The van der Waals surface area contributed by atoms with Crippen LogP contribution in [0.25, 0.3) is 0 Å². The van der Waals surface area contributed by atoms with E-state index in [1.54, 1.807) is 19.1 Å². The molecule has 0 aromatic heterocycles. The molecule has 3 aromatic rings. The van der Waals surface area contributed by atoms with E-state index in [9.17, 15) is 4.79 Å². The number of hydrogen-bond donors (Lipinski definition) is 0. The van der Waals surface area contributed by atoms with Crippen molar-refractivity contribution >= 4 is 24.8 Å². The molecule has 3 rings (SSSR count). The Morgan fingerprint density at radius 3 is 2.00 bits per heavy atom. The van der Waals surface area contributed by atoms with Crippen molar-refractivity contribution in [2.24, 2.45) is 0 Å². The van der Waals surface area contributed by atoms with Crippen molar-refractivity contribution < 1.29 is 28.2 Å². The molecular formula is C37H51NO6Si. The van der Waals surface area contributed by atoms with Crippen LogP contribution in [0.2, 0.25) is 5.04 Å². The van der Waals surface area contributed by atoms with Crippen LogP contribution >= 0.6 is 0 Å². The molecule has 1 amide bonds. The number of hydrogen-bond acceptors (Lipinski definition) is 6. The maximum atomic E-state index is 13.8. The van der Waals surface area contributed by atoms with E-state index in [2.05, 4.69) is 76.2 Å². The zero-order valence-electron chi connectivity index (χ0n) is 28.2. The zero-order valence-corrected chi connectivity index (χ0v) is 29.2. The Balaban J connectivity index is 2.14. The molecule has 3 aromatic carbocycles. The molecule has 7 nitrogen and oxygen atoms in total. The summed E-state index contributed by atoms with van der Waals surface area (Å²) in [5.74, 6) is 0.697. The van der Waals surface area contributed by atoms with Crippen molar-refractivity contribution in [1.29, 1.82) is 0 Å². The first-order valence-electron chi connectivity index (χ1n) is 15.7. The molecule has 0 aliphatic carbocycles. The first-order chi connectivity index (χ1) is 21.6. The highest BCUT2D eigenvalue weighted by Crippen LogP contribution is 2.38. The maximum Gasteiger partial charge on any atom is 0.410 e. The van der Waals surface area contributed by atoms with Crippen LogP contribution in [0, 0.1) is 0 Å². The second-order valence-corrected chi connectivity index (χ2v) is 16.3. The highest BCUT2D eigenvalue weighted by molar-refractivity contribution is 6.99. The van der Waals surface area contributed by atoms with Gasteiger partial charge in [0.2, 0.25) is 0 Å². The molecule has 0 heterocycles. The predicted molar refractivity (Wildman–Crippen MR) is 184 cm³/mol. The minimum Gasteiger partial charge on any atom is -0.496 e. The fourth-order valence-electron chi connectivity index (χ4n) is 5.99. The number of amides is 1. The van der Waals surface area contributed by atoms with E-state index in [-0.39, 0.29) is 31.1 Å². The van der Waals surface area contributed by atoms with Crippen LogP contribution in [-0.2, 0) is 25.2 Å². The molecule has 0 radical (unpaired) electrons. The third-order valence-electron chi connectivity index (χ3n) is 7.94. The van der Waals surface area contributed by atoms with Gasteiger partial charge in [-0.2, -0.15) is 0 Å². The second-order valence-electron chi connectivity index (χ2n) is 12.1. The fourth-order valence-corrected chi connectivity index (χ4v) is 10.7. The normalized spacial score (nSPS) is 14.1. The van der Waals surface area contributed by atoms with Gasteiger partial charge in [0.15, 0.2) is 0 Å². The Morgan fingerprint density at radius 1 is 0.911 bits per heavy atom. The van der Waals surface area contributed by atoms with Gasteiger partial charge in [-0.05, 0) is 48.7 Å². The summed E-state index contributed by atoms with van der Waals surface area (Å²) in [7, 11) is 0.364. The van der Waals surface area contributed by atoms with Gasteiger partial charge in [0.25, 0.3) is 8.32 Å². The van der Waals surface area contributed by atoms with E-state index in [0.717, 1.165) is 5.56 Å². The highest BCUT2D eigenvalue weighted by Gasteiger charge is 2.51. The summed E-state index contributed by atoms with van der Waals surface area (Å²) < 4.78 is 30.3. The molecule has 0 saturated heterocycles. The summed E-state index contributed by atoms with van der Waals surface area (Å²) in [6.07, 6.45) is 3.20. The van der Waals surface area contributed by atoms with Gasteiger partial charge in [-0.15, -0.1) is 0 Å². The van der Waals surface area contributed by atoms with Gasteiger partial charge in [-0.1, -0.05) is 112 Å². The van der Waals surface area contributed by atoms with Gasteiger partial charge in [0, 0.05) is 18.8 Å². The number of rotatable bonds is 16. The standard InChI is InChI=1S/C37H51NO6Si/c1-9-19-35(43-28-40-7)33(38(36(39)42-10-2)27-30-20-17-18-25-34(30)41-8)26-29(3)44-45(37(4,5)6,31-21-13-11-14-22-31)32-23-15-12-16-24-32/h9,11-25,29,33,35H,10,26-28H2,1-8H3/b19-9+/t29-,33-,35+/m0/s1. The minimum atomic E-state index is -2.86. The van der Waals surface area contributed by atoms with Crippen LogP contribution in [0.15, 0.2) is 97.1 Å². The lowest BCUT2D eigenvalue weighted by molar-refractivity contribution is -0.0856. The number of carbonyl (C=O) groups excluding carboxylic acids is 1. The Hall–Kier alpha value is -3.43. The largest absolute Gasteiger partial charge is 0.496 e. The quantitative estimate of drug-likeness (QED) is 0.0967. The Kier molecular flexibility index (Phi) is 13.9. The van der Waals surface area contributed by atoms with E-state index in [4.69, 9.17) is 23.4 Å². The first-order valence-corrected chi connectivity index (χ1v) is 17.6. The number of ether oxygens (including phenoxy) is 4.